The van der Waals surface area contributed by atoms with Gasteiger partial charge in [-0.3, -0.25) is 0 Å². The lowest BCUT2D eigenvalue weighted by Crippen LogP contribution is -2.39. The third-order valence-corrected chi connectivity index (χ3v) is 16.2. The maximum Gasteiger partial charge on any atom is 0.250 e. The Balaban J connectivity index is 1.93. The molecule has 0 aromatic heterocycles. The minimum Gasteiger partial charge on any atom is -0.544 e. The summed E-state index contributed by atoms with van der Waals surface area (Å²) in [5.41, 5.74) is 2.74. The van der Waals surface area contributed by atoms with Crippen LogP contribution in [0.5, 0.6) is 11.5 Å². The van der Waals surface area contributed by atoms with E-state index in [2.05, 4.69) is 90.1 Å². The largest absolute Gasteiger partial charge is 0.544 e. The molecule has 2 aromatic rings. The van der Waals surface area contributed by atoms with Crippen LogP contribution in [-0.2, 0) is 12.8 Å². The monoisotopic (exact) mass is 442 g/mol. The molecule has 0 aliphatic carbocycles. The second-order valence-electron chi connectivity index (χ2n) is 8.48. The van der Waals surface area contributed by atoms with Gasteiger partial charge in [0, 0.05) is 0 Å². The summed E-state index contributed by atoms with van der Waals surface area (Å²) in [7, 11) is -3.17. The zero-order valence-electron chi connectivity index (χ0n) is 20.1. The topological polar surface area (TPSA) is 18.5 Å². The second-order valence-corrected chi connectivity index (χ2v) is 17.9. The van der Waals surface area contributed by atoms with Crippen LogP contribution >= 0.6 is 0 Å². The summed E-state index contributed by atoms with van der Waals surface area (Å²) < 4.78 is 13.0. The van der Waals surface area contributed by atoms with E-state index in [0.29, 0.717) is 0 Å². The van der Waals surface area contributed by atoms with Gasteiger partial charge in [0.1, 0.15) is 11.5 Å². The maximum absolute atomic E-state index is 6.48. The molecule has 2 nitrogen and oxygen atoms in total. The Morgan fingerprint density at radius 1 is 0.467 bits per heavy atom. The van der Waals surface area contributed by atoms with E-state index >= 15 is 0 Å². The summed E-state index contributed by atoms with van der Waals surface area (Å²) in [5, 5.41) is 0. The highest BCUT2D eigenvalue weighted by molar-refractivity contribution is 6.74. The number of hydrogen-bond donors (Lipinski definition) is 0. The van der Waals surface area contributed by atoms with E-state index < -0.39 is 16.6 Å². The predicted octanol–water partition coefficient (Wildman–Crippen LogP) is 8.24. The summed E-state index contributed by atoms with van der Waals surface area (Å²) in [6.45, 7) is 13.7. The molecule has 0 fully saturated rings. The molecule has 0 aliphatic heterocycles. The molecule has 0 aliphatic rings. The van der Waals surface area contributed by atoms with E-state index in [4.69, 9.17) is 8.85 Å². The van der Waals surface area contributed by atoms with Gasteiger partial charge in [-0.15, -0.1) is 0 Å². The normalized spacial score (nSPS) is 12.1. The van der Waals surface area contributed by atoms with Crippen molar-refractivity contribution in [3.63, 3.8) is 0 Å². The van der Waals surface area contributed by atoms with Gasteiger partial charge in [-0.25, -0.2) is 0 Å². The molecule has 0 spiro atoms. The van der Waals surface area contributed by atoms with Gasteiger partial charge >= 0.3 is 0 Å². The van der Waals surface area contributed by atoms with E-state index in [1.54, 1.807) is 0 Å². The van der Waals surface area contributed by atoms with Gasteiger partial charge in [0.05, 0.1) is 0 Å². The van der Waals surface area contributed by atoms with Gasteiger partial charge in [-0.2, -0.15) is 0 Å². The van der Waals surface area contributed by atoms with Crippen LogP contribution in [0, 0.1) is 0 Å². The minimum atomic E-state index is -1.59. The van der Waals surface area contributed by atoms with E-state index in [0.717, 1.165) is 24.3 Å². The molecule has 0 amide bonds. The number of rotatable bonds is 13. The highest BCUT2D eigenvalue weighted by Crippen LogP contribution is 2.27. The van der Waals surface area contributed by atoms with E-state index in [1.807, 2.05) is 0 Å². The van der Waals surface area contributed by atoms with Crippen molar-refractivity contribution >= 4 is 16.6 Å². The van der Waals surface area contributed by atoms with Crippen molar-refractivity contribution in [2.24, 2.45) is 0 Å². The fraction of sp³-hybridized carbons (Fsp3) is 0.538. The van der Waals surface area contributed by atoms with Crippen molar-refractivity contribution in [3.8, 4) is 11.5 Å². The Hall–Kier alpha value is -1.53. The van der Waals surface area contributed by atoms with E-state index in [-0.39, 0.29) is 0 Å². The molecular weight excluding hydrogens is 400 g/mol. The molecule has 0 unspecified atom stereocenters. The Bertz CT molecular complexity index is 651. The fourth-order valence-corrected chi connectivity index (χ4v) is 9.31. The van der Waals surface area contributed by atoms with Crippen LogP contribution in [0.4, 0.5) is 0 Å². The van der Waals surface area contributed by atoms with Crippen LogP contribution in [0.3, 0.4) is 0 Å². The maximum atomic E-state index is 6.48. The van der Waals surface area contributed by atoms with Crippen molar-refractivity contribution in [3.05, 3.63) is 59.7 Å². The minimum absolute atomic E-state index is 1.05. The molecule has 0 bridgehead atoms. The van der Waals surface area contributed by atoms with Gasteiger partial charge in [0.15, 0.2) is 0 Å². The average molecular weight is 443 g/mol. The standard InChI is InChI=1S/C26H42O2Si2/c1-7-29(8-2,9-3)27-25-19-15-23(16-20-25)13-14-24-17-21-26(22-18-24)28-30(10-4,11-5)12-6/h15-22H,7-14H2,1-6H3. The summed E-state index contributed by atoms with van der Waals surface area (Å²) in [6.07, 6.45) is 2.10. The zero-order chi connectivity index (χ0) is 22.0. The summed E-state index contributed by atoms with van der Waals surface area (Å²) in [4.78, 5) is 0. The summed E-state index contributed by atoms with van der Waals surface area (Å²) >= 11 is 0. The zero-order valence-corrected chi connectivity index (χ0v) is 22.1. The average Bonchev–Trinajstić information content (AvgIpc) is 2.81. The lowest BCUT2D eigenvalue weighted by atomic mass is 10.0. The molecule has 166 valence electrons. The molecule has 0 heterocycles. The van der Waals surface area contributed by atoms with Crippen molar-refractivity contribution in [1.82, 2.24) is 0 Å². The highest BCUT2D eigenvalue weighted by atomic mass is 28.4. The number of benzene rings is 2. The lowest BCUT2D eigenvalue weighted by Gasteiger charge is -2.29. The van der Waals surface area contributed by atoms with Gasteiger partial charge < -0.3 is 8.85 Å². The molecule has 4 heteroatoms. The van der Waals surface area contributed by atoms with Gasteiger partial charge in [-0.1, -0.05) is 65.8 Å². The molecule has 0 radical (unpaired) electrons. The molecule has 2 rings (SSSR count). The van der Waals surface area contributed by atoms with Crippen LogP contribution in [-0.4, -0.2) is 16.6 Å². The predicted molar refractivity (Wildman–Crippen MR) is 136 cm³/mol. The second kappa shape index (κ2) is 11.8. The van der Waals surface area contributed by atoms with Crippen LogP contribution in [0.2, 0.25) is 36.3 Å². The quantitative estimate of drug-likeness (QED) is 0.291. The van der Waals surface area contributed by atoms with Crippen LogP contribution in [0.1, 0.15) is 52.7 Å². The molecule has 0 N–H and O–H groups in total. The summed E-state index contributed by atoms with van der Waals surface area (Å²) in [6, 6.07) is 24.7. The Kier molecular flexibility index (Phi) is 9.69. The smallest absolute Gasteiger partial charge is 0.250 e. The summed E-state index contributed by atoms with van der Waals surface area (Å²) in [5.74, 6) is 2.10. The molecule has 0 saturated heterocycles. The Morgan fingerprint density at radius 3 is 0.967 bits per heavy atom. The highest BCUT2D eigenvalue weighted by Gasteiger charge is 2.31. The Morgan fingerprint density at radius 2 is 0.733 bits per heavy atom. The molecule has 0 atom stereocenters. The van der Waals surface area contributed by atoms with Gasteiger partial charge in [0.25, 0.3) is 0 Å². The van der Waals surface area contributed by atoms with Crippen LogP contribution in [0.15, 0.2) is 48.5 Å². The van der Waals surface area contributed by atoms with E-state index in [1.165, 1.54) is 47.4 Å². The molecule has 30 heavy (non-hydrogen) atoms. The Labute approximate surface area is 187 Å². The molecule has 2 aromatic carbocycles. The third-order valence-electron chi connectivity index (χ3n) is 7.08. The van der Waals surface area contributed by atoms with Crippen molar-refractivity contribution in [2.75, 3.05) is 0 Å². The van der Waals surface area contributed by atoms with Crippen molar-refractivity contribution in [2.45, 2.75) is 90.6 Å². The van der Waals surface area contributed by atoms with Crippen LogP contribution < -0.4 is 8.85 Å². The first kappa shape index (κ1) is 24.7. The van der Waals surface area contributed by atoms with E-state index in [9.17, 15) is 0 Å². The molecular formula is C26H42O2Si2. The van der Waals surface area contributed by atoms with Crippen molar-refractivity contribution < 1.29 is 8.85 Å². The fourth-order valence-electron chi connectivity index (χ4n) is 4.17. The van der Waals surface area contributed by atoms with Crippen LogP contribution in [0.25, 0.3) is 0 Å². The lowest BCUT2D eigenvalue weighted by molar-refractivity contribution is 0.531. The first-order valence-electron chi connectivity index (χ1n) is 12.0. The van der Waals surface area contributed by atoms with Crippen molar-refractivity contribution in [1.29, 1.82) is 0 Å². The van der Waals surface area contributed by atoms with Gasteiger partial charge in [0.2, 0.25) is 16.6 Å². The first-order chi connectivity index (χ1) is 14.5. The first-order valence-corrected chi connectivity index (χ1v) is 17.1. The number of hydrogen-bond acceptors (Lipinski definition) is 2. The molecule has 0 saturated carbocycles. The third kappa shape index (κ3) is 6.48. The SMILES string of the molecule is CC[Si](CC)(CC)Oc1ccc(CCc2ccc(O[Si](CC)(CC)CC)cc2)cc1. The number of aryl methyl sites for hydroxylation is 2. The van der Waals surface area contributed by atoms with Gasteiger partial charge in [-0.05, 0) is 84.5 Å².